The Morgan fingerprint density at radius 2 is 1.93 bits per heavy atom. The fourth-order valence-electron chi connectivity index (χ4n) is 2.40. The van der Waals surface area contributed by atoms with Crippen LogP contribution in [0.15, 0.2) is 18.5 Å². The molecule has 1 amide bonds. The van der Waals surface area contributed by atoms with Crippen LogP contribution in [0.4, 0.5) is 23.2 Å². The topological polar surface area (TPSA) is 104 Å². The number of amides is 1. The van der Waals surface area contributed by atoms with E-state index in [0.717, 1.165) is 13.0 Å². The second-order valence-electron chi connectivity index (χ2n) is 5.53. The van der Waals surface area contributed by atoms with Crippen LogP contribution < -0.4 is 4.31 Å². The van der Waals surface area contributed by atoms with Gasteiger partial charge in [0, 0.05) is 12.5 Å². The maximum Gasteiger partial charge on any atom is 0.434 e. The molecule has 0 unspecified atom stereocenters. The predicted octanol–water partition coefficient (Wildman–Crippen LogP) is 3.53. The first kappa shape index (κ1) is 22.5. The highest BCUT2D eigenvalue weighted by atomic mass is 35.5. The molecule has 0 saturated heterocycles. The summed E-state index contributed by atoms with van der Waals surface area (Å²) in [5.74, 6) is -2.74. The first-order valence-corrected chi connectivity index (χ1v) is 9.69. The molecule has 0 atom stereocenters. The van der Waals surface area contributed by atoms with Crippen LogP contribution in [0.25, 0.3) is 11.3 Å². The third kappa shape index (κ3) is 4.30. The number of halogens is 5. The Labute approximate surface area is 167 Å². The monoisotopic (exact) mass is 450 g/mol. The van der Waals surface area contributed by atoms with Crippen molar-refractivity contribution in [2.75, 3.05) is 10.1 Å². The van der Waals surface area contributed by atoms with Crippen molar-refractivity contribution < 1.29 is 30.8 Å². The minimum absolute atomic E-state index is 0.272. The minimum atomic E-state index is -4.96. The van der Waals surface area contributed by atoms with Gasteiger partial charge in [0.2, 0.25) is 15.9 Å². The number of carbonyl (C=O) groups excluding carboxylic acids is 1. The van der Waals surface area contributed by atoms with Crippen molar-refractivity contribution in [3.8, 4) is 17.3 Å². The van der Waals surface area contributed by atoms with Gasteiger partial charge < -0.3 is 0 Å². The number of benzene rings is 1. The molecule has 13 heteroatoms. The van der Waals surface area contributed by atoms with Gasteiger partial charge in [-0.05, 0) is 19.1 Å². The van der Waals surface area contributed by atoms with Gasteiger partial charge >= 0.3 is 6.18 Å². The summed E-state index contributed by atoms with van der Waals surface area (Å²) >= 11 is 5.71. The van der Waals surface area contributed by atoms with E-state index in [2.05, 4.69) is 9.97 Å². The molecule has 0 aliphatic rings. The van der Waals surface area contributed by atoms with Gasteiger partial charge in [0.1, 0.15) is 18.2 Å². The fraction of sp³-hybridized carbons (Fsp3) is 0.250. The maximum atomic E-state index is 14.5. The molecule has 1 heterocycles. The van der Waals surface area contributed by atoms with E-state index in [9.17, 15) is 36.0 Å². The molecule has 0 aliphatic heterocycles. The third-order valence-corrected chi connectivity index (χ3v) is 5.76. The highest BCUT2D eigenvalue weighted by molar-refractivity contribution is 7.93. The van der Waals surface area contributed by atoms with Crippen molar-refractivity contribution in [2.45, 2.75) is 20.0 Å². The van der Waals surface area contributed by atoms with Crippen LogP contribution in [-0.4, -0.2) is 30.0 Å². The molecule has 0 bridgehead atoms. The SMILES string of the molecule is CCS(=O)(=O)N(C(C)=O)c1cc(-c2ncnc(C(F)(F)F)c2Cl)c(F)cc1C#N. The van der Waals surface area contributed by atoms with E-state index < -0.39 is 66.9 Å². The summed E-state index contributed by atoms with van der Waals surface area (Å²) in [5.41, 5.74) is -3.93. The molecule has 2 aromatic rings. The van der Waals surface area contributed by atoms with Crippen LogP contribution in [0.1, 0.15) is 25.1 Å². The molecule has 0 N–H and O–H groups in total. The number of aromatic nitrogens is 2. The van der Waals surface area contributed by atoms with E-state index in [1.165, 1.54) is 6.92 Å². The molecule has 1 aromatic carbocycles. The second-order valence-corrected chi connectivity index (χ2v) is 8.01. The zero-order valence-corrected chi connectivity index (χ0v) is 16.3. The summed E-state index contributed by atoms with van der Waals surface area (Å²) in [6, 6.07) is 2.87. The number of rotatable bonds is 4. The maximum absolute atomic E-state index is 14.5. The molecule has 29 heavy (non-hydrogen) atoms. The Morgan fingerprint density at radius 1 is 1.31 bits per heavy atom. The Balaban J connectivity index is 2.87. The molecule has 0 radical (unpaired) electrons. The number of hydrogen-bond acceptors (Lipinski definition) is 6. The summed E-state index contributed by atoms with van der Waals surface area (Å²) in [4.78, 5) is 18.5. The van der Waals surface area contributed by atoms with Crippen LogP contribution in [0.5, 0.6) is 0 Å². The highest BCUT2D eigenvalue weighted by Gasteiger charge is 2.37. The molecule has 0 fully saturated rings. The Kier molecular flexibility index (Phi) is 6.15. The number of anilines is 1. The predicted molar refractivity (Wildman–Crippen MR) is 94.8 cm³/mol. The van der Waals surface area contributed by atoms with Gasteiger partial charge in [0.25, 0.3) is 0 Å². The smallest absolute Gasteiger partial charge is 0.274 e. The Morgan fingerprint density at radius 3 is 2.41 bits per heavy atom. The lowest BCUT2D eigenvalue weighted by Gasteiger charge is -2.22. The normalized spacial score (nSPS) is 11.8. The average molecular weight is 451 g/mol. The first-order chi connectivity index (χ1) is 13.3. The van der Waals surface area contributed by atoms with Gasteiger partial charge in [-0.25, -0.2) is 27.1 Å². The largest absolute Gasteiger partial charge is 0.434 e. The van der Waals surface area contributed by atoms with E-state index in [0.29, 0.717) is 12.4 Å². The quantitative estimate of drug-likeness (QED) is 0.660. The average Bonchev–Trinajstić information content (AvgIpc) is 2.61. The van der Waals surface area contributed by atoms with Gasteiger partial charge in [-0.3, -0.25) is 4.79 Å². The molecule has 154 valence electrons. The fourth-order valence-corrected chi connectivity index (χ4v) is 3.81. The lowest BCUT2D eigenvalue weighted by atomic mass is 10.0. The zero-order valence-electron chi connectivity index (χ0n) is 14.8. The van der Waals surface area contributed by atoms with Crippen LogP contribution in [-0.2, 0) is 21.0 Å². The Hall–Kier alpha value is -2.78. The van der Waals surface area contributed by atoms with E-state index in [4.69, 9.17) is 11.6 Å². The van der Waals surface area contributed by atoms with Crippen molar-refractivity contribution >= 4 is 33.2 Å². The van der Waals surface area contributed by atoms with Crippen molar-refractivity contribution in [1.82, 2.24) is 9.97 Å². The minimum Gasteiger partial charge on any atom is -0.274 e. The third-order valence-electron chi connectivity index (χ3n) is 3.67. The number of nitrogens with zero attached hydrogens (tertiary/aromatic N) is 4. The standard InChI is InChI=1S/C16H11ClF4N4O3S/c1-3-29(27,28)25(8(2)26)12-5-10(11(18)4-9(12)6-22)14-13(17)15(16(19,20)21)24-7-23-14/h4-5,7H,3H2,1-2H3. The van der Waals surface area contributed by atoms with E-state index >= 15 is 0 Å². The van der Waals surface area contributed by atoms with Gasteiger partial charge in [-0.15, -0.1) is 0 Å². The molecule has 0 spiro atoms. The number of nitriles is 1. The number of hydrogen-bond donors (Lipinski definition) is 0. The van der Waals surface area contributed by atoms with Crippen LogP contribution in [0.3, 0.4) is 0 Å². The van der Waals surface area contributed by atoms with E-state index in [1.54, 1.807) is 6.07 Å². The molecule has 0 saturated carbocycles. The zero-order chi connectivity index (χ0) is 22.1. The highest BCUT2D eigenvalue weighted by Crippen LogP contribution is 2.39. The van der Waals surface area contributed by atoms with Gasteiger partial charge in [0.15, 0.2) is 5.69 Å². The lowest BCUT2D eigenvalue weighted by molar-refractivity contribution is -0.141. The van der Waals surface area contributed by atoms with Gasteiger partial charge in [-0.2, -0.15) is 18.4 Å². The summed E-state index contributed by atoms with van der Waals surface area (Å²) in [7, 11) is -4.23. The molecular weight excluding hydrogens is 440 g/mol. The first-order valence-electron chi connectivity index (χ1n) is 7.70. The number of carbonyl (C=O) groups is 1. The van der Waals surface area contributed by atoms with Crippen LogP contribution in [0.2, 0.25) is 5.02 Å². The lowest BCUT2D eigenvalue weighted by Crippen LogP contribution is -2.37. The second kappa shape index (κ2) is 7.92. The van der Waals surface area contributed by atoms with E-state index in [-0.39, 0.29) is 4.31 Å². The van der Waals surface area contributed by atoms with Crippen molar-refractivity contribution in [3.63, 3.8) is 0 Å². The van der Waals surface area contributed by atoms with Gasteiger partial charge in [0.05, 0.1) is 27.7 Å². The Bertz CT molecular complexity index is 1130. The van der Waals surface area contributed by atoms with Crippen molar-refractivity contribution in [1.29, 1.82) is 5.26 Å². The number of alkyl halides is 3. The molecule has 1 aromatic heterocycles. The molecule has 0 aliphatic carbocycles. The van der Waals surface area contributed by atoms with Crippen molar-refractivity contribution in [2.24, 2.45) is 0 Å². The van der Waals surface area contributed by atoms with Crippen molar-refractivity contribution in [3.05, 3.63) is 40.6 Å². The molecule has 2 rings (SSSR count). The molecular formula is C16H11ClF4N4O3S. The summed E-state index contributed by atoms with van der Waals surface area (Å²) in [6.07, 6.45) is -4.45. The summed E-state index contributed by atoms with van der Waals surface area (Å²) in [5, 5.41) is 8.20. The van der Waals surface area contributed by atoms with Crippen LogP contribution in [0, 0.1) is 17.1 Å². The van der Waals surface area contributed by atoms with Gasteiger partial charge in [-0.1, -0.05) is 11.6 Å². The van der Waals surface area contributed by atoms with Crippen LogP contribution >= 0.6 is 11.6 Å². The summed E-state index contributed by atoms with van der Waals surface area (Å²) < 4.78 is 78.5. The molecule has 7 nitrogen and oxygen atoms in total. The number of sulfonamides is 1. The van der Waals surface area contributed by atoms with E-state index in [1.807, 2.05) is 0 Å². The summed E-state index contributed by atoms with van der Waals surface area (Å²) in [6.45, 7) is 2.13.